The summed E-state index contributed by atoms with van der Waals surface area (Å²) in [4.78, 5) is 11.7. The predicted octanol–water partition coefficient (Wildman–Crippen LogP) is 2.31. The van der Waals surface area contributed by atoms with Crippen molar-refractivity contribution in [2.24, 2.45) is 5.73 Å². The SMILES string of the molecule is CSCC[C@H](N)C(=O)Nc1ccccc1I. The van der Waals surface area contributed by atoms with Crippen molar-refractivity contribution in [1.82, 2.24) is 0 Å². The van der Waals surface area contributed by atoms with E-state index in [0.29, 0.717) is 6.42 Å². The molecule has 0 aliphatic rings. The van der Waals surface area contributed by atoms with E-state index < -0.39 is 6.04 Å². The third-order valence-electron chi connectivity index (χ3n) is 2.10. The van der Waals surface area contributed by atoms with E-state index in [1.807, 2.05) is 30.5 Å². The number of carbonyl (C=O) groups excluding carboxylic acids is 1. The molecule has 88 valence electrons. The highest BCUT2D eigenvalue weighted by molar-refractivity contribution is 14.1. The molecule has 1 rings (SSSR count). The minimum atomic E-state index is -0.427. The lowest BCUT2D eigenvalue weighted by molar-refractivity contribution is -0.117. The molecule has 0 saturated heterocycles. The summed E-state index contributed by atoms with van der Waals surface area (Å²) in [6.07, 6.45) is 2.71. The van der Waals surface area contributed by atoms with Crippen molar-refractivity contribution >= 4 is 45.9 Å². The summed E-state index contributed by atoms with van der Waals surface area (Å²) in [5.41, 5.74) is 6.60. The van der Waals surface area contributed by atoms with Gasteiger partial charge >= 0.3 is 0 Å². The Morgan fingerprint density at radius 3 is 2.88 bits per heavy atom. The van der Waals surface area contributed by atoms with Crippen LogP contribution in [0.4, 0.5) is 5.69 Å². The summed E-state index contributed by atoms with van der Waals surface area (Å²) in [6.45, 7) is 0. The van der Waals surface area contributed by atoms with Crippen LogP contribution in [0.2, 0.25) is 0 Å². The number of hydrogen-bond acceptors (Lipinski definition) is 3. The van der Waals surface area contributed by atoms with Gasteiger partial charge in [-0.1, -0.05) is 12.1 Å². The van der Waals surface area contributed by atoms with E-state index in [9.17, 15) is 4.79 Å². The van der Waals surface area contributed by atoms with E-state index in [1.54, 1.807) is 11.8 Å². The van der Waals surface area contributed by atoms with Crippen LogP contribution in [0.1, 0.15) is 6.42 Å². The quantitative estimate of drug-likeness (QED) is 0.802. The van der Waals surface area contributed by atoms with Crippen LogP contribution >= 0.6 is 34.4 Å². The average Bonchev–Trinajstić information content (AvgIpc) is 2.28. The monoisotopic (exact) mass is 350 g/mol. The Bertz CT molecular complexity index is 360. The van der Waals surface area contributed by atoms with Crippen molar-refractivity contribution in [3.8, 4) is 0 Å². The Labute approximate surface area is 114 Å². The Balaban J connectivity index is 2.54. The smallest absolute Gasteiger partial charge is 0.241 e. The molecule has 0 spiro atoms. The third-order valence-corrected chi connectivity index (χ3v) is 3.69. The van der Waals surface area contributed by atoms with Crippen molar-refractivity contribution in [1.29, 1.82) is 0 Å². The van der Waals surface area contributed by atoms with E-state index in [4.69, 9.17) is 5.73 Å². The molecule has 3 N–H and O–H groups in total. The standard InChI is InChI=1S/C11H15IN2OS/c1-16-7-6-9(13)11(15)14-10-5-3-2-4-8(10)12/h2-5,9H,6-7,13H2,1H3,(H,14,15)/t9-/m0/s1. The Hall–Kier alpha value is -0.270. The van der Waals surface area contributed by atoms with E-state index in [0.717, 1.165) is 15.0 Å². The number of amides is 1. The summed E-state index contributed by atoms with van der Waals surface area (Å²) in [5, 5.41) is 2.84. The van der Waals surface area contributed by atoms with Crippen molar-refractivity contribution in [2.45, 2.75) is 12.5 Å². The van der Waals surface area contributed by atoms with Gasteiger partial charge in [-0.2, -0.15) is 11.8 Å². The lowest BCUT2D eigenvalue weighted by Gasteiger charge is -2.12. The number of carbonyl (C=O) groups is 1. The number of para-hydroxylation sites is 1. The number of nitrogens with one attached hydrogen (secondary N) is 1. The molecule has 1 aromatic rings. The molecule has 1 atom stereocenters. The van der Waals surface area contributed by atoms with Gasteiger partial charge < -0.3 is 11.1 Å². The van der Waals surface area contributed by atoms with Crippen LogP contribution in [-0.4, -0.2) is 24.0 Å². The molecule has 0 bridgehead atoms. The fourth-order valence-corrected chi connectivity index (χ4v) is 2.18. The molecule has 0 heterocycles. The van der Waals surface area contributed by atoms with Gasteiger partial charge in [0, 0.05) is 3.57 Å². The zero-order chi connectivity index (χ0) is 12.0. The van der Waals surface area contributed by atoms with E-state index in [-0.39, 0.29) is 5.91 Å². The third kappa shape index (κ3) is 4.31. The van der Waals surface area contributed by atoms with Gasteiger partial charge in [0.25, 0.3) is 0 Å². The summed E-state index contributed by atoms with van der Waals surface area (Å²) in [6, 6.07) is 7.23. The summed E-state index contributed by atoms with van der Waals surface area (Å²) < 4.78 is 1.02. The van der Waals surface area contributed by atoms with Gasteiger partial charge in [-0.3, -0.25) is 4.79 Å². The first kappa shape index (κ1) is 13.8. The molecule has 0 aromatic heterocycles. The summed E-state index contributed by atoms with van der Waals surface area (Å²) >= 11 is 3.88. The number of anilines is 1. The molecule has 0 aliphatic heterocycles. The van der Waals surface area contributed by atoms with Gasteiger partial charge in [0.05, 0.1) is 11.7 Å². The first-order chi connectivity index (χ1) is 7.65. The second kappa shape index (κ2) is 7.13. The van der Waals surface area contributed by atoms with Gasteiger partial charge in [-0.25, -0.2) is 0 Å². The van der Waals surface area contributed by atoms with Crippen molar-refractivity contribution < 1.29 is 4.79 Å². The lowest BCUT2D eigenvalue weighted by atomic mass is 10.2. The number of benzene rings is 1. The van der Waals surface area contributed by atoms with Gasteiger partial charge in [0.15, 0.2) is 0 Å². The van der Waals surface area contributed by atoms with Gasteiger partial charge in [-0.15, -0.1) is 0 Å². The highest BCUT2D eigenvalue weighted by Crippen LogP contribution is 2.17. The molecular weight excluding hydrogens is 335 g/mol. The van der Waals surface area contributed by atoms with Crippen LogP contribution in [0.15, 0.2) is 24.3 Å². The van der Waals surface area contributed by atoms with Crippen LogP contribution in [0.25, 0.3) is 0 Å². The maximum atomic E-state index is 11.7. The zero-order valence-corrected chi connectivity index (χ0v) is 12.0. The predicted molar refractivity (Wildman–Crippen MR) is 78.8 cm³/mol. The van der Waals surface area contributed by atoms with Crippen LogP contribution < -0.4 is 11.1 Å². The van der Waals surface area contributed by atoms with Gasteiger partial charge in [-0.05, 0) is 53.2 Å². The van der Waals surface area contributed by atoms with Gasteiger partial charge in [0.2, 0.25) is 5.91 Å². The maximum absolute atomic E-state index is 11.7. The Morgan fingerprint density at radius 1 is 1.56 bits per heavy atom. The molecule has 16 heavy (non-hydrogen) atoms. The molecule has 5 heteroatoms. The zero-order valence-electron chi connectivity index (χ0n) is 9.07. The van der Waals surface area contributed by atoms with Crippen molar-refractivity contribution in [3.05, 3.63) is 27.8 Å². The lowest BCUT2D eigenvalue weighted by Crippen LogP contribution is -2.36. The van der Waals surface area contributed by atoms with Crippen LogP contribution in [0, 0.1) is 3.57 Å². The van der Waals surface area contributed by atoms with E-state index in [1.165, 1.54) is 0 Å². The largest absolute Gasteiger partial charge is 0.324 e. The van der Waals surface area contributed by atoms with Crippen molar-refractivity contribution in [3.63, 3.8) is 0 Å². The van der Waals surface area contributed by atoms with Crippen LogP contribution in [-0.2, 0) is 4.79 Å². The Kier molecular flexibility index (Phi) is 6.15. The number of rotatable bonds is 5. The van der Waals surface area contributed by atoms with Crippen LogP contribution in [0.3, 0.4) is 0 Å². The average molecular weight is 350 g/mol. The van der Waals surface area contributed by atoms with Crippen molar-refractivity contribution in [2.75, 3.05) is 17.3 Å². The molecule has 0 radical (unpaired) electrons. The minimum Gasteiger partial charge on any atom is -0.324 e. The normalized spacial score (nSPS) is 12.2. The van der Waals surface area contributed by atoms with Crippen LogP contribution in [0.5, 0.6) is 0 Å². The molecule has 0 fully saturated rings. The second-order valence-corrected chi connectivity index (χ2v) is 5.50. The topological polar surface area (TPSA) is 55.1 Å². The van der Waals surface area contributed by atoms with E-state index >= 15 is 0 Å². The maximum Gasteiger partial charge on any atom is 0.241 e. The number of hydrogen-bond donors (Lipinski definition) is 2. The first-order valence-corrected chi connectivity index (χ1v) is 7.42. The van der Waals surface area contributed by atoms with Gasteiger partial charge in [0.1, 0.15) is 0 Å². The van der Waals surface area contributed by atoms with E-state index in [2.05, 4.69) is 27.9 Å². The highest BCUT2D eigenvalue weighted by Gasteiger charge is 2.13. The molecule has 0 aliphatic carbocycles. The Morgan fingerprint density at radius 2 is 2.25 bits per heavy atom. The summed E-state index contributed by atoms with van der Waals surface area (Å²) in [5.74, 6) is 0.790. The molecule has 1 aromatic carbocycles. The molecular formula is C11H15IN2OS. The second-order valence-electron chi connectivity index (χ2n) is 3.36. The fourth-order valence-electron chi connectivity index (χ4n) is 1.16. The highest BCUT2D eigenvalue weighted by atomic mass is 127. The first-order valence-electron chi connectivity index (χ1n) is 4.95. The minimum absolute atomic E-state index is 0.113. The number of nitrogens with two attached hydrogens (primary N) is 1. The molecule has 0 unspecified atom stereocenters. The fraction of sp³-hybridized carbons (Fsp3) is 0.364. The summed E-state index contributed by atoms with van der Waals surface area (Å²) in [7, 11) is 0. The molecule has 0 saturated carbocycles. The number of thioether (sulfide) groups is 1. The molecule has 3 nitrogen and oxygen atoms in total. The number of halogens is 1. The molecule has 1 amide bonds.